The van der Waals surface area contributed by atoms with Crippen molar-refractivity contribution < 1.29 is 13.7 Å². The van der Waals surface area contributed by atoms with Gasteiger partial charge in [-0.1, -0.05) is 41.6 Å². The maximum absolute atomic E-state index is 13.5. The minimum atomic E-state index is -0.339. The quantitative estimate of drug-likeness (QED) is 0.534. The molecule has 1 fully saturated rings. The van der Waals surface area contributed by atoms with Gasteiger partial charge in [-0.2, -0.15) is 4.98 Å². The van der Waals surface area contributed by atoms with Crippen LogP contribution < -0.4 is 4.90 Å². The van der Waals surface area contributed by atoms with Crippen LogP contribution in [0.2, 0.25) is 0 Å². The molecule has 1 atom stereocenters. The summed E-state index contributed by atoms with van der Waals surface area (Å²) in [5.41, 5.74) is 1.44. The lowest BCUT2D eigenvalue weighted by molar-refractivity contribution is -0.120. The van der Waals surface area contributed by atoms with E-state index in [1.165, 1.54) is 12.1 Å². The molecule has 31 heavy (non-hydrogen) atoms. The fourth-order valence-corrected chi connectivity index (χ4v) is 3.91. The number of hydrogen-bond acceptors (Lipinski definition) is 5. The molecule has 1 aliphatic heterocycles. The number of aromatic nitrogens is 2. The van der Waals surface area contributed by atoms with Crippen LogP contribution in [-0.2, 0) is 4.79 Å². The number of rotatable bonds is 7. The Bertz CT molecular complexity index is 1040. The van der Waals surface area contributed by atoms with Crippen LogP contribution >= 0.6 is 0 Å². The second-order valence-corrected chi connectivity index (χ2v) is 7.67. The Labute approximate surface area is 181 Å². The molecular weight excluding hydrogens is 395 g/mol. The molecule has 0 aliphatic carbocycles. The topological polar surface area (TPSA) is 62.5 Å². The fourth-order valence-electron chi connectivity index (χ4n) is 3.91. The van der Waals surface area contributed by atoms with E-state index >= 15 is 0 Å². The first kappa shape index (κ1) is 20.9. The van der Waals surface area contributed by atoms with E-state index in [2.05, 4.69) is 21.6 Å². The molecule has 1 amide bonds. The molecule has 1 aromatic heterocycles. The number of benzene rings is 2. The highest BCUT2D eigenvalue weighted by Gasteiger charge is 2.28. The molecule has 4 rings (SSSR count). The van der Waals surface area contributed by atoms with E-state index in [4.69, 9.17) is 4.52 Å². The van der Waals surface area contributed by atoms with Gasteiger partial charge in [-0.05, 0) is 43.7 Å². The number of halogens is 1. The van der Waals surface area contributed by atoms with Gasteiger partial charge in [0.25, 0.3) is 0 Å². The summed E-state index contributed by atoms with van der Waals surface area (Å²) < 4.78 is 19.0. The number of para-hydroxylation sites is 1. The molecule has 1 saturated heterocycles. The average Bonchev–Trinajstić information content (AvgIpc) is 3.29. The van der Waals surface area contributed by atoms with E-state index in [1.54, 1.807) is 23.1 Å². The van der Waals surface area contributed by atoms with Crippen molar-refractivity contribution in [3.63, 3.8) is 0 Å². The third kappa shape index (κ3) is 5.06. The number of piperidine rings is 1. The van der Waals surface area contributed by atoms with Crippen LogP contribution in [0, 0.1) is 5.82 Å². The average molecular weight is 420 g/mol. The summed E-state index contributed by atoms with van der Waals surface area (Å²) in [5.74, 6) is 0.638. The summed E-state index contributed by atoms with van der Waals surface area (Å²) >= 11 is 0. The highest BCUT2D eigenvalue weighted by atomic mass is 19.1. The molecule has 0 spiro atoms. The maximum Gasteiger partial charge on any atom is 0.241 e. The van der Waals surface area contributed by atoms with Crippen molar-refractivity contribution in [2.45, 2.75) is 18.8 Å². The zero-order chi connectivity index (χ0) is 21.6. The maximum atomic E-state index is 13.5. The van der Waals surface area contributed by atoms with E-state index < -0.39 is 0 Å². The Morgan fingerprint density at radius 2 is 2.10 bits per heavy atom. The van der Waals surface area contributed by atoms with Crippen LogP contribution in [0.15, 0.2) is 71.8 Å². The Hall–Kier alpha value is -3.32. The van der Waals surface area contributed by atoms with Crippen molar-refractivity contribution >= 4 is 11.6 Å². The Balaban J connectivity index is 1.43. The number of anilines is 1. The van der Waals surface area contributed by atoms with Gasteiger partial charge in [-0.15, -0.1) is 6.58 Å². The van der Waals surface area contributed by atoms with Crippen LogP contribution in [-0.4, -0.2) is 47.1 Å². The summed E-state index contributed by atoms with van der Waals surface area (Å²) in [4.78, 5) is 21.4. The summed E-state index contributed by atoms with van der Waals surface area (Å²) in [6.45, 7) is 6.05. The minimum Gasteiger partial charge on any atom is -0.339 e. The lowest BCUT2D eigenvalue weighted by Gasteiger charge is -2.32. The summed E-state index contributed by atoms with van der Waals surface area (Å²) in [6.07, 6.45) is 3.57. The molecular formula is C24H25FN4O2. The smallest absolute Gasteiger partial charge is 0.241 e. The molecule has 0 bridgehead atoms. The van der Waals surface area contributed by atoms with Crippen molar-refractivity contribution in [2.24, 2.45) is 0 Å². The van der Waals surface area contributed by atoms with Crippen molar-refractivity contribution in [3.8, 4) is 11.4 Å². The summed E-state index contributed by atoms with van der Waals surface area (Å²) in [6, 6.07) is 15.8. The van der Waals surface area contributed by atoms with Gasteiger partial charge in [0.05, 0.1) is 12.5 Å². The Kier molecular flexibility index (Phi) is 6.52. The van der Waals surface area contributed by atoms with Gasteiger partial charge in [-0.3, -0.25) is 9.69 Å². The van der Waals surface area contributed by atoms with Crippen molar-refractivity contribution in [2.75, 3.05) is 31.1 Å². The van der Waals surface area contributed by atoms with E-state index in [0.29, 0.717) is 36.9 Å². The van der Waals surface area contributed by atoms with Crippen molar-refractivity contribution in [1.82, 2.24) is 15.0 Å². The number of hydrogen-bond donors (Lipinski definition) is 0. The monoisotopic (exact) mass is 420 g/mol. The SMILES string of the molecule is C=CCN(C(=O)CN1CCCC(c2nc(-c3cccc(F)c3)no2)C1)c1ccccc1. The van der Waals surface area contributed by atoms with Crippen molar-refractivity contribution in [3.05, 3.63) is 79.0 Å². The van der Waals surface area contributed by atoms with Crippen LogP contribution in [0.1, 0.15) is 24.7 Å². The zero-order valence-electron chi connectivity index (χ0n) is 17.3. The van der Waals surface area contributed by atoms with Crippen LogP contribution in [0.4, 0.5) is 10.1 Å². The van der Waals surface area contributed by atoms with Crippen LogP contribution in [0.5, 0.6) is 0 Å². The third-order valence-corrected chi connectivity index (χ3v) is 5.42. The predicted octanol–water partition coefficient (Wildman–Crippen LogP) is 4.27. The first-order valence-electron chi connectivity index (χ1n) is 10.4. The van der Waals surface area contributed by atoms with Gasteiger partial charge in [0.2, 0.25) is 17.6 Å². The number of nitrogens with zero attached hydrogens (tertiary/aromatic N) is 4. The molecule has 1 aliphatic rings. The van der Waals surface area contributed by atoms with Crippen LogP contribution in [0.3, 0.4) is 0 Å². The lowest BCUT2D eigenvalue weighted by atomic mass is 9.98. The summed E-state index contributed by atoms with van der Waals surface area (Å²) in [5, 5.41) is 4.02. The van der Waals surface area contributed by atoms with E-state index in [9.17, 15) is 9.18 Å². The second-order valence-electron chi connectivity index (χ2n) is 7.67. The number of likely N-dealkylation sites (tertiary alicyclic amines) is 1. The van der Waals surface area contributed by atoms with Gasteiger partial charge in [0.1, 0.15) is 5.82 Å². The zero-order valence-corrected chi connectivity index (χ0v) is 17.3. The highest BCUT2D eigenvalue weighted by Crippen LogP contribution is 2.28. The van der Waals surface area contributed by atoms with E-state index in [1.807, 2.05) is 30.3 Å². The Morgan fingerprint density at radius 1 is 1.26 bits per heavy atom. The third-order valence-electron chi connectivity index (χ3n) is 5.42. The molecule has 2 heterocycles. The van der Waals surface area contributed by atoms with E-state index in [-0.39, 0.29) is 17.6 Å². The second kappa shape index (κ2) is 9.66. The van der Waals surface area contributed by atoms with Gasteiger partial charge in [0, 0.05) is 24.3 Å². The van der Waals surface area contributed by atoms with Crippen molar-refractivity contribution in [1.29, 1.82) is 0 Å². The lowest BCUT2D eigenvalue weighted by Crippen LogP contribution is -2.44. The summed E-state index contributed by atoms with van der Waals surface area (Å²) in [7, 11) is 0. The first-order valence-corrected chi connectivity index (χ1v) is 10.4. The fraction of sp³-hybridized carbons (Fsp3) is 0.292. The molecule has 0 N–H and O–H groups in total. The molecule has 2 aromatic carbocycles. The highest BCUT2D eigenvalue weighted by molar-refractivity contribution is 5.95. The molecule has 1 unspecified atom stereocenters. The van der Waals surface area contributed by atoms with Gasteiger partial charge < -0.3 is 9.42 Å². The minimum absolute atomic E-state index is 0.0257. The molecule has 0 saturated carbocycles. The largest absolute Gasteiger partial charge is 0.339 e. The molecule has 0 radical (unpaired) electrons. The number of carbonyl (C=O) groups excluding carboxylic acids is 1. The first-order chi connectivity index (χ1) is 15.1. The Morgan fingerprint density at radius 3 is 2.87 bits per heavy atom. The van der Waals surface area contributed by atoms with Gasteiger partial charge in [0.15, 0.2) is 0 Å². The molecule has 6 nitrogen and oxygen atoms in total. The predicted molar refractivity (Wildman–Crippen MR) is 117 cm³/mol. The normalized spacial score (nSPS) is 16.7. The number of amides is 1. The molecule has 7 heteroatoms. The van der Waals surface area contributed by atoms with E-state index in [0.717, 1.165) is 25.1 Å². The molecule has 160 valence electrons. The van der Waals surface area contributed by atoms with Crippen LogP contribution in [0.25, 0.3) is 11.4 Å². The van der Waals surface area contributed by atoms with Gasteiger partial charge in [-0.25, -0.2) is 4.39 Å². The number of carbonyl (C=O) groups is 1. The molecule has 3 aromatic rings. The van der Waals surface area contributed by atoms with Gasteiger partial charge >= 0.3 is 0 Å². The standard InChI is InChI=1S/C24H25FN4O2/c1-2-13-29(21-11-4-3-5-12-21)22(30)17-28-14-7-9-19(16-28)24-26-23(27-31-24)18-8-6-10-20(25)15-18/h2-6,8,10-12,15,19H,1,7,9,13-14,16-17H2.